The molecule has 0 aromatic heterocycles. The van der Waals surface area contributed by atoms with Gasteiger partial charge in [0.05, 0.1) is 11.3 Å². The van der Waals surface area contributed by atoms with Crippen LogP contribution in [0.25, 0.3) is 0 Å². The number of carbonyl (C=O) groups excluding carboxylic acids is 1. The van der Waals surface area contributed by atoms with Gasteiger partial charge in [0, 0.05) is 11.4 Å². The minimum Gasteiger partial charge on any atom is -0.399 e. The van der Waals surface area contributed by atoms with E-state index in [1.54, 1.807) is 18.2 Å². The number of amides is 1. The molecule has 0 aliphatic heterocycles. The number of nitrogens with one attached hydrogen (secondary N) is 1. The molecule has 92 valence electrons. The molecule has 1 amide bonds. The van der Waals surface area contributed by atoms with Crippen LogP contribution in [0, 0.1) is 6.92 Å². The van der Waals surface area contributed by atoms with Crippen molar-refractivity contribution in [1.82, 2.24) is 0 Å². The Hall–Kier alpha value is -2.49. The maximum atomic E-state index is 11.3. The van der Waals surface area contributed by atoms with Gasteiger partial charge in [-0.1, -0.05) is 12.1 Å². The van der Waals surface area contributed by atoms with Crippen molar-refractivity contribution in [3.8, 4) is 0 Å². The first-order valence-corrected chi connectivity index (χ1v) is 5.59. The Labute approximate surface area is 106 Å². The summed E-state index contributed by atoms with van der Waals surface area (Å²) in [6.07, 6.45) is 0. The van der Waals surface area contributed by atoms with Crippen LogP contribution in [0.4, 0.5) is 17.1 Å². The molecule has 0 radical (unpaired) electrons. The van der Waals surface area contributed by atoms with E-state index < -0.39 is 5.91 Å². The van der Waals surface area contributed by atoms with Crippen molar-refractivity contribution in [3.63, 3.8) is 0 Å². The van der Waals surface area contributed by atoms with Crippen molar-refractivity contribution in [2.75, 3.05) is 11.1 Å². The number of primary amides is 1. The molecule has 2 rings (SSSR count). The maximum absolute atomic E-state index is 11.3. The monoisotopic (exact) mass is 241 g/mol. The van der Waals surface area contributed by atoms with Crippen LogP contribution in [0.1, 0.15) is 15.9 Å². The topological polar surface area (TPSA) is 81.1 Å². The second-order valence-corrected chi connectivity index (χ2v) is 4.16. The van der Waals surface area contributed by atoms with Crippen LogP contribution in [0.5, 0.6) is 0 Å². The van der Waals surface area contributed by atoms with Crippen LogP contribution in [-0.4, -0.2) is 5.91 Å². The lowest BCUT2D eigenvalue weighted by atomic mass is 10.1. The molecule has 0 unspecified atom stereocenters. The Bertz CT molecular complexity index is 593. The third-order valence-electron chi connectivity index (χ3n) is 2.61. The van der Waals surface area contributed by atoms with Gasteiger partial charge in [0.25, 0.3) is 5.91 Å². The summed E-state index contributed by atoms with van der Waals surface area (Å²) in [5.41, 5.74) is 14.7. The lowest BCUT2D eigenvalue weighted by Crippen LogP contribution is -2.13. The van der Waals surface area contributed by atoms with Gasteiger partial charge in [-0.3, -0.25) is 4.79 Å². The first-order chi connectivity index (χ1) is 8.56. The second-order valence-electron chi connectivity index (χ2n) is 4.16. The summed E-state index contributed by atoms with van der Waals surface area (Å²) in [6, 6.07) is 12.8. The number of anilines is 3. The number of nitrogen functional groups attached to an aromatic ring is 1. The van der Waals surface area contributed by atoms with Gasteiger partial charge < -0.3 is 16.8 Å². The molecule has 0 fully saturated rings. The van der Waals surface area contributed by atoms with Crippen LogP contribution >= 0.6 is 0 Å². The highest BCUT2D eigenvalue weighted by Gasteiger charge is 2.08. The average molecular weight is 241 g/mol. The van der Waals surface area contributed by atoms with Gasteiger partial charge in [-0.05, 0) is 42.8 Å². The van der Waals surface area contributed by atoms with Gasteiger partial charge in [-0.25, -0.2) is 0 Å². The fourth-order valence-corrected chi connectivity index (χ4v) is 1.75. The molecule has 0 spiro atoms. The fourth-order valence-electron chi connectivity index (χ4n) is 1.75. The van der Waals surface area contributed by atoms with Crippen molar-refractivity contribution in [1.29, 1.82) is 0 Å². The third-order valence-corrected chi connectivity index (χ3v) is 2.61. The molecule has 18 heavy (non-hydrogen) atoms. The standard InChI is InChI=1S/C14H15N3O/c1-9-5-6-12(14(16)18)13(7-9)17-11-4-2-3-10(15)8-11/h2-8,17H,15H2,1H3,(H2,16,18). The number of carbonyl (C=O) groups is 1. The Morgan fingerprint density at radius 1 is 1.17 bits per heavy atom. The van der Waals surface area contributed by atoms with Gasteiger partial charge in [0.1, 0.15) is 0 Å². The molecule has 5 N–H and O–H groups in total. The van der Waals surface area contributed by atoms with Gasteiger partial charge >= 0.3 is 0 Å². The summed E-state index contributed by atoms with van der Waals surface area (Å²) in [5, 5.41) is 3.15. The molecule has 0 saturated carbocycles. The highest BCUT2D eigenvalue weighted by Crippen LogP contribution is 2.23. The van der Waals surface area contributed by atoms with E-state index >= 15 is 0 Å². The number of hydrogen-bond donors (Lipinski definition) is 3. The van der Waals surface area contributed by atoms with E-state index in [1.165, 1.54) is 0 Å². The van der Waals surface area contributed by atoms with E-state index in [2.05, 4.69) is 5.32 Å². The number of benzene rings is 2. The van der Waals surface area contributed by atoms with Gasteiger partial charge in [-0.2, -0.15) is 0 Å². The van der Waals surface area contributed by atoms with E-state index in [0.29, 0.717) is 16.9 Å². The fraction of sp³-hybridized carbons (Fsp3) is 0.0714. The Morgan fingerprint density at radius 2 is 1.94 bits per heavy atom. The van der Waals surface area contributed by atoms with E-state index in [-0.39, 0.29) is 0 Å². The van der Waals surface area contributed by atoms with Crippen LogP contribution in [0.3, 0.4) is 0 Å². The first kappa shape index (κ1) is 12.0. The average Bonchev–Trinajstić information content (AvgIpc) is 2.28. The number of nitrogens with two attached hydrogens (primary N) is 2. The quantitative estimate of drug-likeness (QED) is 0.722. The zero-order valence-electron chi connectivity index (χ0n) is 10.1. The van der Waals surface area contributed by atoms with Crippen molar-refractivity contribution >= 4 is 23.0 Å². The minimum absolute atomic E-state index is 0.457. The SMILES string of the molecule is Cc1ccc(C(N)=O)c(Nc2cccc(N)c2)c1. The zero-order chi connectivity index (χ0) is 13.1. The van der Waals surface area contributed by atoms with Crippen LogP contribution < -0.4 is 16.8 Å². The minimum atomic E-state index is -0.457. The molecule has 0 heterocycles. The zero-order valence-corrected chi connectivity index (χ0v) is 10.1. The molecular weight excluding hydrogens is 226 g/mol. The summed E-state index contributed by atoms with van der Waals surface area (Å²) >= 11 is 0. The number of aryl methyl sites for hydroxylation is 1. The van der Waals surface area contributed by atoms with E-state index in [1.807, 2.05) is 31.2 Å². The molecule has 4 nitrogen and oxygen atoms in total. The first-order valence-electron chi connectivity index (χ1n) is 5.59. The highest BCUT2D eigenvalue weighted by molar-refractivity contribution is 5.99. The summed E-state index contributed by atoms with van der Waals surface area (Å²) < 4.78 is 0. The van der Waals surface area contributed by atoms with Gasteiger partial charge in [0.15, 0.2) is 0 Å². The normalized spacial score (nSPS) is 10.1. The third kappa shape index (κ3) is 2.60. The van der Waals surface area contributed by atoms with Crippen LogP contribution in [0.15, 0.2) is 42.5 Å². The lowest BCUT2D eigenvalue weighted by molar-refractivity contribution is 0.100. The van der Waals surface area contributed by atoms with Crippen molar-refractivity contribution in [2.24, 2.45) is 5.73 Å². The van der Waals surface area contributed by atoms with Crippen LogP contribution in [-0.2, 0) is 0 Å². The summed E-state index contributed by atoms with van der Waals surface area (Å²) in [7, 11) is 0. The smallest absolute Gasteiger partial charge is 0.250 e. The summed E-state index contributed by atoms with van der Waals surface area (Å²) in [5.74, 6) is -0.457. The van der Waals surface area contributed by atoms with E-state index in [0.717, 1.165) is 11.3 Å². The highest BCUT2D eigenvalue weighted by atomic mass is 16.1. The van der Waals surface area contributed by atoms with E-state index in [4.69, 9.17) is 11.5 Å². The Balaban J connectivity index is 2.39. The second kappa shape index (κ2) is 4.79. The van der Waals surface area contributed by atoms with Crippen molar-refractivity contribution in [2.45, 2.75) is 6.92 Å². The molecule has 0 saturated heterocycles. The Morgan fingerprint density at radius 3 is 2.61 bits per heavy atom. The molecule has 4 heteroatoms. The molecular formula is C14H15N3O. The number of rotatable bonds is 3. The van der Waals surface area contributed by atoms with Crippen LogP contribution in [0.2, 0.25) is 0 Å². The molecule has 0 aliphatic carbocycles. The van der Waals surface area contributed by atoms with Gasteiger partial charge in [0.2, 0.25) is 0 Å². The van der Waals surface area contributed by atoms with Crippen molar-refractivity contribution in [3.05, 3.63) is 53.6 Å². The Kier molecular flexibility index (Phi) is 3.19. The predicted molar refractivity (Wildman–Crippen MR) is 73.8 cm³/mol. The van der Waals surface area contributed by atoms with E-state index in [9.17, 15) is 4.79 Å². The predicted octanol–water partition coefficient (Wildman–Crippen LogP) is 2.42. The largest absolute Gasteiger partial charge is 0.399 e. The van der Waals surface area contributed by atoms with Crippen molar-refractivity contribution < 1.29 is 4.79 Å². The maximum Gasteiger partial charge on any atom is 0.250 e. The number of hydrogen-bond acceptors (Lipinski definition) is 3. The summed E-state index contributed by atoms with van der Waals surface area (Å²) in [4.78, 5) is 11.3. The molecule has 2 aromatic rings. The molecule has 0 aliphatic rings. The molecule has 2 aromatic carbocycles. The molecule has 0 bridgehead atoms. The molecule has 0 atom stereocenters. The lowest BCUT2D eigenvalue weighted by Gasteiger charge is -2.11. The summed E-state index contributed by atoms with van der Waals surface area (Å²) in [6.45, 7) is 1.95. The van der Waals surface area contributed by atoms with Gasteiger partial charge in [-0.15, -0.1) is 0 Å².